The molecule has 0 bridgehead atoms. The lowest BCUT2D eigenvalue weighted by Gasteiger charge is -2.34. The molecule has 1 aliphatic heterocycles. The van der Waals surface area contributed by atoms with Gasteiger partial charge in [-0.15, -0.1) is 0 Å². The van der Waals surface area contributed by atoms with Gasteiger partial charge in [-0.25, -0.2) is 0 Å². The molecule has 0 aliphatic carbocycles. The average molecular weight is 267 g/mol. The summed E-state index contributed by atoms with van der Waals surface area (Å²) in [6.45, 7) is 5.80. The van der Waals surface area contributed by atoms with Gasteiger partial charge in [0.2, 0.25) is 0 Å². The number of hydrogen-bond donors (Lipinski definition) is 0. The fourth-order valence-electron chi connectivity index (χ4n) is 2.94. The molecule has 0 amide bonds. The number of benzene rings is 2. The lowest BCUT2D eigenvalue weighted by Crippen LogP contribution is -2.34. The van der Waals surface area contributed by atoms with E-state index in [0.717, 1.165) is 26.2 Å². The Balaban J connectivity index is 1.79. The van der Waals surface area contributed by atoms with Crippen molar-refractivity contribution < 1.29 is 4.74 Å². The predicted molar refractivity (Wildman–Crippen MR) is 81.4 cm³/mol. The van der Waals surface area contributed by atoms with Crippen LogP contribution in [0.5, 0.6) is 0 Å². The molecule has 0 saturated heterocycles. The van der Waals surface area contributed by atoms with Gasteiger partial charge < -0.3 is 4.74 Å². The minimum Gasteiger partial charge on any atom is -0.372 e. The topological polar surface area (TPSA) is 12.5 Å². The Morgan fingerprint density at radius 3 is 2.60 bits per heavy atom. The van der Waals surface area contributed by atoms with Crippen LogP contribution in [0.15, 0.2) is 54.6 Å². The van der Waals surface area contributed by atoms with Crippen LogP contribution in [0, 0.1) is 0 Å². The number of fused-ring (bicyclic) bond motifs is 1. The van der Waals surface area contributed by atoms with Crippen LogP contribution in [0.3, 0.4) is 0 Å². The SMILES string of the molecule is CCOC1CN(Cc2ccccc2)Cc2ccccc21. The summed E-state index contributed by atoms with van der Waals surface area (Å²) < 4.78 is 5.94. The van der Waals surface area contributed by atoms with Gasteiger partial charge in [0.05, 0.1) is 6.10 Å². The number of hydrogen-bond acceptors (Lipinski definition) is 2. The number of ether oxygens (including phenoxy) is 1. The Morgan fingerprint density at radius 1 is 1.05 bits per heavy atom. The molecule has 0 aromatic heterocycles. The highest BCUT2D eigenvalue weighted by atomic mass is 16.5. The molecule has 0 saturated carbocycles. The van der Waals surface area contributed by atoms with E-state index in [9.17, 15) is 0 Å². The second-order valence-corrected chi connectivity index (χ2v) is 5.30. The van der Waals surface area contributed by atoms with Gasteiger partial charge in [0, 0.05) is 26.2 Å². The second kappa shape index (κ2) is 6.21. The van der Waals surface area contributed by atoms with Crippen LogP contribution < -0.4 is 0 Å². The minimum absolute atomic E-state index is 0.202. The van der Waals surface area contributed by atoms with Crippen molar-refractivity contribution in [3.8, 4) is 0 Å². The molecule has 3 rings (SSSR count). The van der Waals surface area contributed by atoms with Crippen molar-refractivity contribution in [3.05, 3.63) is 71.3 Å². The summed E-state index contributed by atoms with van der Waals surface area (Å²) in [5.41, 5.74) is 4.12. The van der Waals surface area contributed by atoms with Crippen molar-refractivity contribution in [1.82, 2.24) is 4.90 Å². The van der Waals surface area contributed by atoms with Crippen LogP contribution in [-0.4, -0.2) is 18.1 Å². The van der Waals surface area contributed by atoms with Crippen LogP contribution in [0.2, 0.25) is 0 Å². The molecule has 0 spiro atoms. The van der Waals surface area contributed by atoms with Gasteiger partial charge in [-0.05, 0) is 23.6 Å². The standard InChI is InChI=1S/C18H21NO/c1-2-20-18-14-19(12-15-8-4-3-5-9-15)13-16-10-6-7-11-17(16)18/h3-11,18H,2,12-14H2,1H3. The zero-order chi connectivity index (χ0) is 13.8. The first-order valence-corrected chi connectivity index (χ1v) is 7.32. The molecule has 0 radical (unpaired) electrons. The maximum Gasteiger partial charge on any atom is 0.0954 e. The van der Waals surface area contributed by atoms with Crippen LogP contribution >= 0.6 is 0 Å². The van der Waals surface area contributed by atoms with E-state index in [1.807, 2.05) is 0 Å². The van der Waals surface area contributed by atoms with Crippen LogP contribution in [-0.2, 0) is 17.8 Å². The van der Waals surface area contributed by atoms with Crippen molar-refractivity contribution in [2.75, 3.05) is 13.2 Å². The number of rotatable bonds is 4. The van der Waals surface area contributed by atoms with E-state index >= 15 is 0 Å². The van der Waals surface area contributed by atoms with Crippen molar-refractivity contribution in [1.29, 1.82) is 0 Å². The lowest BCUT2D eigenvalue weighted by atomic mass is 9.97. The van der Waals surface area contributed by atoms with Gasteiger partial charge in [0.25, 0.3) is 0 Å². The van der Waals surface area contributed by atoms with Crippen LogP contribution in [0.25, 0.3) is 0 Å². The van der Waals surface area contributed by atoms with E-state index in [-0.39, 0.29) is 6.10 Å². The molecule has 1 atom stereocenters. The predicted octanol–water partition coefficient (Wildman–Crippen LogP) is 3.78. The molecule has 0 N–H and O–H groups in total. The largest absolute Gasteiger partial charge is 0.372 e. The van der Waals surface area contributed by atoms with Gasteiger partial charge in [-0.3, -0.25) is 4.90 Å². The van der Waals surface area contributed by atoms with Gasteiger partial charge in [-0.2, -0.15) is 0 Å². The first-order valence-electron chi connectivity index (χ1n) is 7.32. The normalized spacial score (nSPS) is 18.8. The molecule has 2 aromatic carbocycles. The third-order valence-electron chi connectivity index (χ3n) is 3.84. The van der Waals surface area contributed by atoms with E-state index in [0.29, 0.717) is 0 Å². The third-order valence-corrected chi connectivity index (χ3v) is 3.84. The summed E-state index contributed by atoms with van der Waals surface area (Å²) in [6.07, 6.45) is 0.202. The van der Waals surface area contributed by atoms with Gasteiger partial charge in [0.15, 0.2) is 0 Å². The lowest BCUT2D eigenvalue weighted by molar-refractivity contribution is 0.0174. The Bertz CT molecular complexity index is 552. The monoisotopic (exact) mass is 267 g/mol. The fraction of sp³-hybridized carbons (Fsp3) is 0.333. The van der Waals surface area contributed by atoms with E-state index in [1.54, 1.807) is 0 Å². The van der Waals surface area contributed by atoms with E-state index in [1.165, 1.54) is 16.7 Å². The first-order chi connectivity index (χ1) is 9.86. The highest BCUT2D eigenvalue weighted by Crippen LogP contribution is 2.29. The molecule has 0 fully saturated rings. The Hall–Kier alpha value is -1.64. The van der Waals surface area contributed by atoms with Crippen molar-refractivity contribution >= 4 is 0 Å². The molecule has 2 aromatic rings. The summed E-state index contributed by atoms with van der Waals surface area (Å²) >= 11 is 0. The summed E-state index contributed by atoms with van der Waals surface area (Å²) in [5.74, 6) is 0. The molecule has 2 heteroatoms. The minimum atomic E-state index is 0.202. The molecule has 20 heavy (non-hydrogen) atoms. The highest BCUT2D eigenvalue weighted by molar-refractivity contribution is 5.31. The summed E-state index contributed by atoms with van der Waals surface area (Å²) in [7, 11) is 0. The Kier molecular flexibility index (Phi) is 4.14. The molecule has 1 unspecified atom stereocenters. The molecular formula is C18H21NO. The maximum atomic E-state index is 5.94. The maximum absolute atomic E-state index is 5.94. The van der Waals surface area contributed by atoms with E-state index in [4.69, 9.17) is 4.74 Å². The highest BCUT2D eigenvalue weighted by Gasteiger charge is 2.25. The first kappa shape index (κ1) is 13.3. The fourth-order valence-corrected chi connectivity index (χ4v) is 2.94. The zero-order valence-corrected chi connectivity index (χ0v) is 12.0. The van der Waals surface area contributed by atoms with Crippen molar-refractivity contribution in [3.63, 3.8) is 0 Å². The molecule has 1 aliphatic rings. The second-order valence-electron chi connectivity index (χ2n) is 5.30. The average Bonchev–Trinajstić information content (AvgIpc) is 2.49. The van der Waals surface area contributed by atoms with E-state index < -0.39 is 0 Å². The Morgan fingerprint density at radius 2 is 1.80 bits per heavy atom. The summed E-state index contributed by atoms with van der Waals surface area (Å²) in [6, 6.07) is 19.3. The van der Waals surface area contributed by atoms with E-state index in [2.05, 4.69) is 66.4 Å². The van der Waals surface area contributed by atoms with Gasteiger partial charge >= 0.3 is 0 Å². The van der Waals surface area contributed by atoms with Crippen LogP contribution in [0.4, 0.5) is 0 Å². The Labute approximate surface area is 121 Å². The summed E-state index contributed by atoms with van der Waals surface area (Å²) in [5, 5.41) is 0. The molecule has 2 nitrogen and oxygen atoms in total. The van der Waals surface area contributed by atoms with Gasteiger partial charge in [-0.1, -0.05) is 54.6 Å². The third kappa shape index (κ3) is 2.92. The van der Waals surface area contributed by atoms with Crippen molar-refractivity contribution in [2.45, 2.75) is 26.1 Å². The summed E-state index contributed by atoms with van der Waals surface area (Å²) in [4.78, 5) is 2.47. The van der Waals surface area contributed by atoms with Crippen molar-refractivity contribution in [2.24, 2.45) is 0 Å². The number of nitrogens with zero attached hydrogens (tertiary/aromatic N) is 1. The smallest absolute Gasteiger partial charge is 0.0954 e. The molecule has 104 valence electrons. The zero-order valence-electron chi connectivity index (χ0n) is 12.0. The quantitative estimate of drug-likeness (QED) is 0.836. The van der Waals surface area contributed by atoms with Gasteiger partial charge in [0.1, 0.15) is 0 Å². The molecular weight excluding hydrogens is 246 g/mol. The molecule has 1 heterocycles. The van der Waals surface area contributed by atoms with Crippen LogP contribution in [0.1, 0.15) is 29.7 Å².